The minimum Gasteiger partial charge on any atom is -0.354 e. The van der Waals surface area contributed by atoms with Crippen molar-refractivity contribution in [3.8, 4) is 0 Å². The van der Waals surface area contributed by atoms with Crippen LogP contribution in [0.1, 0.15) is 25.3 Å². The molecule has 0 aromatic heterocycles. The summed E-state index contributed by atoms with van der Waals surface area (Å²) in [5, 5.41) is 10.6. The highest BCUT2D eigenvalue weighted by Gasteiger charge is 2.44. The second kappa shape index (κ2) is 9.57. The topological polar surface area (TPSA) is 73.5 Å². The monoisotopic (exact) mass is 444 g/mol. The zero-order chi connectivity index (χ0) is 20.1. The van der Waals surface area contributed by atoms with Gasteiger partial charge in [0.05, 0.1) is 10.9 Å². The van der Waals surface area contributed by atoms with E-state index in [9.17, 15) is 9.59 Å². The van der Waals surface area contributed by atoms with Crippen molar-refractivity contribution in [2.45, 2.75) is 37.1 Å². The summed E-state index contributed by atoms with van der Waals surface area (Å²) in [6, 6.07) is 5.19. The molecule has 1 spiro atoms. The van der Waals surface area contributed by atoms with Crippen LogP contribution in [0.4, 0.5) is 4.79 Å². The summed E-state index contributed by atoms with van der Waals surface area (Å²) in [6.45, 7) is 4.49. The van der Waals surface area contributed by atoms with Gasteiger partial charge in [0, 0.05) is 42.0 Å². The average Bonchev–Trinajstić information content (AvgIpc) is 3.08. The largest absolute Gasteiger partial charge is 0.354 e. The molecule has 0 saturated carbocycles. The molecule has 1 unspecified atom stereocenters. The molecule has 3 N–H and O–H groups in total. The number of piperidine rings is 1. The zero-order valence-electron chi connectivity index (χ0n) is 15.9. The first-order chi connectivity index (χ1) is 13.4. The summed E-state index contributed by atoms with van der Waals surface area (Å²) in [6.07, 6.45) is 2.35. The first-order valence-electron chi connectivity index (χ1n) is 9.58. The highest BCUT2D eigenvalue weighted by Crippen LogP contribution is 2.39. The van der Waals surface area contributed by atoms with Crippen molar-refractivity contribution in [3.05, 3.63) is 33.8 Å². The number of benzene rings is 1. The maximum Gasteiger partial charge on any atom is 0.317 e. The van der Waals surface area contributed by atoms with Crippen LogP contribution in [-0.4, -0.2) is 59.7 Å². The predicted octanol–water partition coefficient (Wildman–Crippen LogP) is 2.88. The van der Waals surface area contributed by atoms with Crippen LogP contribution in [0.5, 0.6) is 0 Å². The molecule has 2 aliphatic rings. The SMILES string of the molecule is CCNC(=O)N1CCC2(CC1)NC(C(=O)NCCc1ccc(Cl)cc1Cl)CS2. The lowest BCUT2D eigenvalue weighted by Crippen LogP contribution is -2.55. The van der Waals surface area contributed by atoms with Gasteiger partial charge in [0.1, 0.15) is 0 Å². The number of thioether (sulfide) groups is 1. The number of hydrogen-bond acceptors (Lipinski definition) is 4. The summed E-state index contributed by atoms with van der Waals surface area (Å²) in [4.78, 5) is 26.2. The number of hydrogen-bond donors (Lipinski definition) is 3. The number of halogens is 2. The molecular formula is C19H26Cl2N4O2S. The third-order valence-electron chi connectivity index (χ3n) is 5.18. The van der Waals surface area contributed by atoms with E-state index >= 15 is 0 Å². The number of carbonyl (C=O) groups is 2. The van der Waals surface area contributed by atoms with Gasteiger partial charge in [-0.2, -0.15) is 0 Å². The molecule has 2 aliphatic heterocycles. The Morgan fingerprint density at radius 2 is 2.04 bits per heavy atom. The Hall–Kier alpha value is -1.15. The molecule has 9 heteroatoms. The molecule has 2 heterocycles. The normalized spacial score (nSPS) is 21.0. The Morgan fingerprint density at radius 1 is 1.29 bits per heavy atom. The molecule has 3 rings (SSSR count). The maximum atomic E-state index is 12.5. The van der Waals surface area contributed by atoms with Crippen LogP contribution in [0.3, 0.4) is 0 Å². The third-order valence-corrected chi connectivity index (χ3v) is 7.34. The van der Waals surface area contributed by atoms with Gasteiger partial charge in [-0.05, 0) is 43.9 Å². The van der Waals surface area contributed by atoms with Gasteiger partial charge in [0.25, 0.3) is 0 Å². The Kier molecular flexibility index (Phi) is 7.36. The fourth-order valence-corrected chi connectivity index (χ4v) is 5.50. The lowest BCUT2D eigenvalue weighted by atomic mass is 10.0. The smallest absolute Gasteiger partial charge is 0.317 e. The molecule has 2 saturated heterocycles. The molecule has 3 amide bonds. The number of carbonyl (C=O) groups excluding carboxylic acids is 2. The second-order valence-electron chi connectivity index (χ2n) is 7.10. The molecular weight excluding hydrogens is 419 g/mol. The van der Waals surface area contributed by atoms with Crippen molar-refractivity contribution < 1.29 is 9.59 Å². The molecule has 0 bridgehead atoms. The summed E-state index contributed by atoms with van der Waals surface area (Å²) in [7, 11) is 0. The zero-order valence-corrected chi connectivity index (χ0v) is 18.2. The Bertz CT molecular complexity index is 726. The van der Waals surface area contributed by atoms with Crippen LogP contribution in [-0.2, 0) is 11.2 Å². The summed E-state index contributed by atoms with van der Waals surface area (Å²) < 4.78 is 0. The summed E-state index contributed by atoms with van der Waals surface area (Å²) >= 11 is 13.9. The van der Waals surface area contributed by atoms with Crippen molar-refractivity contribution >= 4 is 46.9 Å². The van der Waals surface area contributed by atoms with Crippen molar-refractivity contribution in [3.63, 3.8) is 0 Å². The molecule has 154 valence electrons. The quantitative estimate of drug-likeness (QED) is 0.652. The minimum atomic E-state index is -0.207. The van der Waals surface area contributed by atoms with Crippen LogP contribution in [0, 0.1) is 0 Å². The third kappa shape index (κ3) is 5.26. The van der Waals surface area contributed by atoms with E-state index in [1.54, 1.807) is 23.9 Å². The van der Waals surface area contributed by atoms with Crippen LogP contribution in [0.15, 0.2) is 18.2 Å². The van der Waals surface area contributed by atoms with Crippen LogP contribution in [0.25, 0.3) is 0 Å². The lowest BCUT2D eigenvalue weighted by molar-refractivity contribution is -0.122. The Balaban J connectivity index is 1.43. The first-order valence-corrected chi connectivity index (χ1v) is 11.3. The van der Waals surface area contributed by atoms with Gasteiger partial charge in [-0.15, -0.1) is 11.8 Å². The van der Waals surface area contributed by atoms with Gasteiger partial charge in [-0.25, -0.2) is 4.79 Å². The van der Waals surface area contributed by atoms with E-state index in [1.807, 2.05) is 17.9 Å². The molecule has 1 aromatic rings. The van der Waals surface area contributed by atoms with Gasteiger partial charge in [0.2, 0.25) is 5.91 Å². The van der Waals surface area contributed by atoms with Crippen LogP contribution in [0.2, 0.25) is 10.0 Å². The number of nitrogens with one attached hydrogen (secondary N) is 3. The number of rotatable bonds is 5. The van der Waals surface area contributed by atoms with E-state index in [0.29, 0.717) is 42.6 Å². The van der Waals surface area contributed by atoms with Crippen LogP contribution < -0.4 is 16.0 Å². The van der Waals surface area contributed by atoms with Crippen molar-refractivity contribution in [2.75, 3.05) is 31.9 Å². The Labute approximate surface area is 180 Å². The average molecular weight is 445 g/mol. The maximum absolute atomic E-state index is 12.5. The number of nitrogens with zero attached hydrogens (tertiary/aromatic N) is 1. The van der Waals surface area contributed by atoms with E-state index in [2.05, 4.69) is 16.0 Å². The van der Waals surface area contributed by atoms with Crippen molar-refractivity contribution in [1.82, 2.24) is 20.9 Å². The standard InChI is InChI=1S/C19H26Cl2N4O2S/c1-2-22-18(27)25-9-6-19(7-10-25)24-16(12-28-19)17(26)23-8-5-13-3-4-14(20)11-15(13)21/h3-4,11,16,24H,2,5-10,12H2,1H3,(H,22,27)(H,23,26). The van der Waals surface area contributed by atoms with Gasteiger partial charge in [-0.3, -0.25) is 10.1 Å². The number of likely N-dealkylation sites (tertiary alicyclic amines) is 1. The fourth-order valence-electron chi connectivity index (χ4n) is 3.58. The predicted molar refractivity (Wildman–Crippen MR) is 115 cm³/mol. The molecule has 1 aromatic carbocycles. The molecule has 6 nitrogen and oxygen atoms in total. The van der Waals surface area contributed by atoms with E-state index in [0.717, 1.165) is 24.2 Å². The Morgan fingerprint density at radius 3 is 2.71 bits per heavy atom. The van der Waals surface area contributed by atoms with Gasteiger partial charge in [-0.1, -0.05) is 29.3 Å². The van der Waals surface area contributed by atoms with Crippen molar-refractivity contribution in [2.24, 2.45) is 0 Å². The first kappa shape index (κ1) is 21.6. The summed E-state index contributed by atoms with van der Waals surface area (Å²) in [5.41, 5.74) is 0.967. The van der Waals surface area contributed by atoms with Crippen LogP contribution >= 0.6 is 35.0 Å². The highest BCUT2D eigenvalue weighted by molar-refractivity contribution is 8.01. The number of amides is 3. The minimum absolute atomic E-state index is 0.00417. The summed E-state index contributed by atoms with van der Waals surface area (Å²) in [5.74, 6) is 0.759. The second-order valence-corrected chi connectivity index (χ2v) is 9.35. The number of urea groups is 1. The van der Waals surface area contributed by atoms with E-state index < -0.39 is 0 Å². The van der Waals surface area contributed by atoms with E-state index in [4.69, 9.17) is 23.2 Å². The molecule has 0 radical (unpaired) electrons. The molecule has 28 heavy (non-hydrogen) atoms. The highest BCUT2D eigenvalue weighted by atomic mass is 35.5. The van der Waals surface area contributed by atoms with Gasteiger partial charge in [0.15, 0.2) is 0 Å². The van der Waals surface area contributed by atoms with Crippen molar-refractivity contribution in [1.29, 1.82) is 0 Å². The lowest BCUT2D eigenvalue weighted by Gasteiger charge is -2.39. The fraction of sp³-hybridized carbons (Fsp3) is 0.579. The molecule has 0 aliphatic carbocycles. The van der Waals surface area contributed by atoms with Gasteiger partial charge < -0.3 is 15.5 Å². The molecule has 1 atom stereocenters. The molecule has 2 fully saturated rings. The van der Waals surface area contributed by atoms with Gasteiger partial charge >= 0.3 is 6.03 Å². The van der Waals surface area contributed by atoms with E-state index in [1.165, 1.54) is 0 Å². The van der Waals surface area contributed by atoms with E-state index in [-0.39, 0.29) is 22.9 Å².